The summed E-state index contributed by atoms with van der Waals surface area (Å²) in [5.74, 6) is 0.896. The zero-order valence-electron chi connectivity index (χ0n) is 36.5. The fourth-order valence-electron chi connectivity index (χ4n) is 10.8. The maximum Gasteiger partial charge on any atom is 0.253 e. The van der Waals surface area contributed by atoms with Crippen molar-refractivity contribution in [2.45, 2.75) is 32.1 Å². The minimum absolute atomic E-state index is 0.0714. The van der Waals surface area contributed by atoms with Crippen molar-refractivity contribution in [1.82, 2.24) is 70.4 Å². The summed E-state index contributed by atoms with van der Waals surface area (Å²) in [7, 11) is 2.20. The van der Waals surface area contributed by atoms with E-state index < -0.39 is 0 Å². The molecule has 3 atom stereocenters. The van der Waals surface area contributed by atoms with Crippen molar-refractivity contribution in [3.05, 3.63) is 121 Å². The van der Waals surface area contributed by atoms with Gasteiger partial charge in [0.1, 0.15) is 22.8 Å². The summed E-state index contributed by atoms with van der Waals surface area (Å²) >= 11 is 0. The largest absolute Gasteiger partial charge is 0.352 e. The van der Waals surface area contributed by atoms with Gasteiger partial charge in [0.05, 0.1) is 34.8 Å². The molecule has 0 bridgehead atoms. The molecule has 3 aliphatic heterocycles. The van der Waals surface area contributed by atoms with E-state index in [-0.39, 0.29) is 17.2 Å². The van der Waals surface area contributed by atoms with Crippen LogP contribution in [0, 0.1) is 17.3 Å². The Kier molecular flexibility index (Phi) is 10.7. The molecule has 65 heavy (non-hydrogen) atoms. The molecule has 0 saturated carbocycles. The Bertz CT molecular complexity index is 2960. The van der Waals surface area contributed by atoms with Crippen LogP contribution in [-0.2, 0) is 0 Å². The first-order valence-electron chi connectivity index (χ1n) is 22.7. The number of para-hydroxylation sites is 2. The van der Waals surface area contributed by atoms with Gasteiger partial charge in [-0.05, 0) is 118 Å². The van der Waals surface area contributed by atoms with E-state index in [0.717, 1.165) is 122 Å². The summed E-state index contributed by atoms with van der Waals surface area (Å²) in [5.41, 5.74) is 7.83. The summed E-state index contributed by atoms with van der Waals surface area (Å²) in [6.45, 7) is 7.35. The second kappa shape index (κ2) is 17.2. The van der Waals surface area contributed by atoms with Crippen LogP contribution < -0.4 is 5.32 Å². The second-order valence-electron chi connectivity index (χ2n) is 18.5. The Morgan fingerprint density at radius 3 is 1.89 bits per heavy atom. The van der Waals surface area contributed by atoms with Crippen LogP contribution in [0.1, 0.15) is 52.8 Å². The number of fused-ring (bicyclic) bond motifs is 2. The van der Waals surface area contributed by atoms with Gasteiger partial charge in [0.15, 0.2) is 0 Å². The highest BCUT2D eigenvalue weighted by atomic mass is 16.2. The van der Waals surface area contributed by atoms with E-state index >= 15 is 0 Å². The van der Waals surface area contributed by atoms with Crippen molar-refractivity contribution >= 4 is 33.6 Å². The molecule has 3 saturated heterocycles. The van der Waals surface area contributed by atoms with E-state index in [2.05, 4.69) is 68.1 Å². The quantitative estimate of drug-likeness (QED) is 0.143. The average Bonchev–Trinajstić information content (AvgIpc) is 4.17. The lowest BCUT2D eigenvalue weighted by atomic mass is 9.73. The first kappa shape index (κ1) is 40.7. The van der Waals surface area contributed by atoms with Crippen molar-refractivity contribution < 1.29 is 9.59 Å². The highest BCUT2D eigenvalue weighted by molar-refractivity contribution is 5.95. The minimum atomic E-state index is -0.0714. The number of nitrogens with one attached hydrogen (secondary N) is 3. The van der Waals surface area contributed by atoms with E-state index in [1.54, 1.807) is 9.36 Å². The summed E-state index contributed by atoms with van der Waals surface area (Å²) in [4.78, 5) is 34.5. The smallest absolute Gasteiger partial charge is 0.253 e. The average molecular weight is 869 g/mol. The number of carbonyl (C=O) groups is 2. The predicted octanol–water partition coefficient (Wildman–Crippen LogP) is 6.25. The Balaban J connectivity index is 0.671. The number of nitrogens with zero attached hydrogens (tertiary/aromatic N) is 11. The summed E-state index contributed by atoms with van der Waals surface area (Å²) in [6, 6.07) is 31.1. The van der Waals surface area contributed by atoms with Gasteiger partial charge in [-0.15, -0.1) is 10.2 Å². The number of rotatable bonds is 10. The van der Waals surface area contributed by atoms with Crippen molar-refractivity contribution in [2.75, 3.05) is 59.4 Å². The molecule has 7 heterocycles. The van der Waals surface area contributed by atoms with Crippen molar-refractivity contribution in [3.63, 3.8) is 0 Å². The highest BCUT2D eigenvalue weighted by Crippen LogP contribution is 2.40. The lowest BCUT2D eigenvalue weighted by Crippen LogP contribution is -2.55. The van der Waals surface area contributed by atoms with E-state index in [1.165, 1.54) is 0 Å². The number of likely N-dealkylation sites (tertiary alicyclic amines) is 3. The number of H-pyrrole nitrogens is 2. The monoisotopic (exact) mass is 868 g/mol. The van der Waals surface area contributed by atoms with Gasteiger partial charge in [0.2, 0.25) is 0 Å². The Morgan fingerprint density at radius 2 is 1.26 bits per heavy atom. The third-order valence-corrected chi connectivity index (χ3v) is 13.7. The molecule has 3 aliphatic rings. The normalized spacial score (nSPS) is 20.8. The van der Waals surface area contributed by atoms with Gasteiger partial charge < -0.3 is 20.0 Å². The van der Waals surface area contributed by atoms with Crippen LogP contribution in [0.2, 0.25) is 0 Å². The fraction of sp³-hybridized carbons (Fsp3) is 0.347. The minimum Gasteiger partial charge on any atom is -0.352 e. The molecule has 1 spiro atoms. The van der Waals surface area contributed by atoms with Gasteiger partial charge in [0, 0.05) is 73.1 Å². The molecule has 2 amide bonds. The Morgan fingerprint density at radius 1 is 0.692 bits per heavy atom. The number of benzene rings is 4. The zero-order valence-corrected chi connectivity index (χ0v) is 36.5. The highest BCUT2D eigenvalue weighted by Gasteiger charge is 2.41. The first-order valence-corrected chi connectivity index (χ1v) is 22.7. The molecular weight excluding hydrogens is 817 g/mol. The molecular formula is C49H52N14O2. The number of piperidine rings is 3. The number of carbonyl (C=O) groups excluding carboxylic acids is 2. The number of aromatic nitrogens is 10. The van der Waals surface area contributed by atoms with Crippen LogP contribution in [0.5, 0.6) is 0 Å². The van der Waals surface area contributed by atoms with Crippen LogP contribution in [0.15, 0.2) is 109 Å². The topological polar surface area (TPSA) is 175 Å². The molecule has 8 aromatic rings. The molecule has 4 aromatic heterocycles. The van der Waals surface area contributed by atoms with Crippen LogP contribution in [0.3, 0.4) is 0 Å². The number of hydrogen-bond donors (Lipinski definition) is 3. The van der Waals surface area contributed by atoms with Gasteiger partial charge in [-0.1, -0.05) is 46.8 Å². The third kappa shape index (κ3) is 8.30. The van der Waals surface area contributed by atoms with Crippen molar-refractivity contribution in [3.8, 4) is 34.2 Å². The third-order valence-electron chi connectivity index (χ3n) is 13.7. The molecule has 16 nitrogen and oxygen atoms in total. The van der Waals surface area contributed by atoms with E-state index in [1.807, 2.05) is 109 Å². The maximum absolute atomic E-state index is 14.0. The van der Waals surface area contributed by atoms with Crippen LogP contribution in [-0.4, -0.2) is 136 Å². The molecule has 3 fully saturated rings. The Hall–Kier alpha value is -7.04. The summed E-state index contributed by atoms with van der Waals surface area (Å²) in [6.07, 6.45) is 9.25. The molecule has 4 aromatic carbocycles. The SMILES string of the molecule is CN1CC(CNC(=O)c2ccc(-n3cc(-c4n[nH]c5ccccc45)nn3)cc2)CC(CN2CCCC3(CCCN(C(=O)c4ccc(-n5cc(-c6n[nH]c7ccccc67)nn5)cc4)C3)C2)C1. The van der Waals surface area contributed by atoms with Gasteiger partial charge in [-0.3, -0.25) is 19.8 Å². The van der Waals surface area contributed by atoms with Gasteiger partial charge in [0.25, 0.3) is 11.8 Å². The Labute approximate surface area is 376 Å². The van der Waals surface area contributed by atoms with Crippen LogP contribution in [0.4, 0.5) is 0 Å². The van der Waals surface area contributed by atoms with Crippen molar-refractivity contribution in [2.24, 2.45) is 17.3 Å². The number of amides is 2. The summed E-state index contributed by atoms with van der Waals surface area (Å²) in [5, 5.41) is 37.7. The van der Waals surface area contributed by atoms with E-state index in [9.17, 15) is 9.59 Å². The molecule has 330 valence electrons. The van der Waals surface area contributed by atoms with Gasteiger partial charge >= 0.3 is 0 Å². The molecule has 3 N–H and O–H groups in total. The maximum atomic E-state index is 14.0. The first-order chi connectivity index (χ1) is 31.8. The van der Waals surface area contributed by atoms with Gasteiger partial charge in [-0.25, -0.2) is 9.36 Å². The zero-order chi connectivity index (χ0) is 43.9. The second-order valence-corrected chi connectivity index (χ2v) is 18.5. The van der Waals surface area contributed by atoms with Crippen LogP contribution >= 0.6 is 0 Å². The lowest BCUT2D eigenvalue weighted by molar-refractivity contribution is 0.00342. The molecule has 16 heteroatoms. The summed E-state index contributed by atoms with van der Waals surface area (Å²) < 4.78 is 3.43. The van der Waals surface area contributed by atoms with Gasteiger partial charge in [-0.2, -0.15) is 10.2 Å². The molecule has 0 aliphatic carbocycles. The fourth-order valence-corrected chi connectivity index (χ4v) is 10.8. The molecule has 0 radical (unpaired) electrons. The number of hydrogen-bond acceptors (Lipinski definition) is 10. The van der Waals surface area contributed by atoms with Crippen molar-refractivity contribution in [1.29, 1.82) is 0 Å². The van der Waals surface area contributed by atoms with Crippen LogP contribution in [0.25, 0.3) is 56.0 Å². The molecule has 3 unspecified atom stereocenters. The molecule has 11 rings (SSSR count). The van der Waals surface area contributed by atoms with E-state index in [4.69, 9.17) is 0 Å². The van der Waals surface area contributed by atoms with E-state index in [0.29, 0.717) is 40.9 Å². The standard InChI is InChI=1S/C49H52N14O2/c1-59-26-33(25-50-47(64)35-12-16-37(17-13-35)62-29-43(53-57-62)45-39-8-2-4-10-41(39)51-55-45)24-34(27-59)28-60-22-6-20-49(31-60)21-7-23-61(32-49)48(65)36-14-18-38(19-15-36)63-30-44(54-58-63)46-40-9-3-5-11-42(40)52-56-46/h2-5,8-19,29-30,33-34H,6-7,20-28,31-32H2,1H3,(H,50,64)(H,51,55)(H,52,56). The lowest BCUT2D eigenvalue weighted by Gasteiger charge is -2.49. The number of aromatic amines is 2. The predicted molar refractivity (Wildman–Crippen MR) is 248 cm³/mol.